The Hall–Kier alpha value is -1.39. The number of likely N-dealkylation sites (tertiary alicyclic amines) is 1. The quantitative estimate of drug-likeness (QED) is 0.936. The van der Waals surface area contributed by atoms with Crippen molar-refractivity contribution < 1.29 is 0 Å². The summed E-state index contributed by atoms with van der Waals surface area (Å²) < 4.78 is 2.16. The first kappa shape index (κ1) is 13.3. The fraction of sp³-hybridized carbons (Fsp3) is 0.588. The molecule has 0 radical (unpaired) electrons. The van der Waals surface area contributed by atoms with Crippen molar-refractivity contribution in [3.05, 3.63) is 35.8 Å². The van der Waals surface area contributed by atoms with Crippen LogP contribution in [0.4, 0.5) is 0 Å². The Morgan fingerprint density at radius 1 is 1.29 bits per heavy atom. The van der Waals surface area contributed by atoms with Gasteiger partial charge in [-0.25, -0.2) is 4.98 Å². The molecule has 0 amide bonds. The molecule has 2 aliphatic rings. The van der Waals surface area contributed by atoms with Gasteiger partial charge in [-0.1, -0.05) is 13.0 Å². The van der Waals surface area contributed by atoms with Crippen molar-refractivity contribution in [1.29, 1.82) is 0 Å². The molecule has 2 aromatic heterocycles. The minimum Gasteiger partial charge on any atom is -0.316 e. The number of nitrogens with one attached hydrogen (secondary N) is 1. The number of hydrogen-bond acceptors (Lipinski definition) is 3. The van der Waals surface area contributed by atoms with Crippen LogP contribution in [-0.4, -0.2) is 40.0 Å². The highest BCUT2D eigenvalue weighted by Crippen LogP contribution is 2.35. The summed E-state index contributed by atoms with van der Waals surface area (Å²) in [6.45, 7) is 9.06. The third-order valence-corrected chi connectivity index (χ3v) is 5.26. The molecular weight excluding hydrogens is 260 g/mol. The fourth-order valence-electron chi connectivity index (χ4n) is 4.29. The van der Waals surface area contributed by atoms with Gasteiger partial charge in [0, 0.05) is 31.5 Å². The normalized spacial score (nSPS) is 29.3. The summed E-state index contributed by atoms with van der Waals surface area (Å²) >= 11 is 0. The average Bonchev–Trinajstić information content (AvgIpc) is 3.11. The highest BCUT2D eigenvalue weighted by atomic mass is 15.2. The van der Waals surface area contributed by atoms with E-state index in [0.717, 1.165) is 30.1 Å². The van der Waals surface area contributed by atoms with Crippen LogP contribution in [0.25, 0.3) is 5.65 Å². The summed E-state index contributed by atoms with van der Waals surface area (Å²) in [5, 5.41) is 3.55. The Morgan fingerprint density at radius 3 is 3.05 bits per heavy atom. The maximum Gasteiger partial charge on any atom is 0.137 e. The number of fused-ring (bicyclic) bond motifs is 2. The predicted octanol–water partition coefficient (Wildman–Crippen LogP) is 2.07. The number of aryl methyl sites for hydroxylation is 1. The van der Waals surface area contributed by atoms with Crippen LogP contribution in [0, 0.1) is 18.8 Å². The van der Waals surface area contributed by atoms with Crippen LogP contribution in [0.15, 0.2) is 24.5 Å². The Kier molecular flexibility index (Phi) is 3.23. The zero-order valence-electron chi connectivity index (χ0n) is 12.9. The van der Waals surface area contributed by atoms with Gasteiger partial charge in [-0.05, 0) is 49.9 Å². The molecular formula is C17H24N4. The van der Waals surface area contributed by atoms with Gasteiger partial charge in [-0.2, -0.15) is 0 Å². The number of aromatic nitrogens is 2. The van der Waals surface area contributed by atoms with Gasteiger partial charge in [0.1, 0.15) is 5.65 Å². The van der Waals surface area contributed by atoms with E-state index in [1.807, 2.05) is 0 Å². The first-order valence-electron chi connectivity index (χ1n) is 8.13. The van der Waals surface area contributed by atoms with Crippen LogP contribution in [0.3, 0.4) is 0 Å². The van der Waals surface area contributed by atoms with Gasteiger partial charge in [0.2, 0.25) is 0 Å². The fourth-order valence-corrected chi connectivity index (χ4v) is 4.29. The lowest BCUT2D eigenvalue weighted by Gasteiger charge is -2.25. The van der Waals surface area contributed by atoms with Crippen molar-refractivity contribution in [1.82, 2.24) is 19.6 Å². The second kappa shape index (κ2) is 5.11. The predicted molar refractivity (Wildman–Crippen MR) is 84.3 cm³/mol. The standard InChI is InChI=1S/C17H24N4/c1-3-16-15-7-18-6-13(15)9-20(16)10-14-11-21-8-12(2)4-5-17(21)19-14/h4-5,8,11,13,15-16,18H,3,6-7,9-10H2,1-2H3. The lowest BCUT2D eigenvalue weighted by atomic mass is 9.93. The van der Waals surface area contributed by atoms with Crippen molar-refractivity contribution in [2.24, 2.45) is 11.8 Å². The Morgan fingerprint density at radius 2 is 2.19 bits per heavy atom. The first-order chi connectivity index (χ1) is 10.2. The molecule has 2 aliphatic heterocycles. The summed E-state index contributed by atoms with van der Waals surface area (Å²) in [5.74, 6) is 1.68. The van der Waals surface area contributed by atoms with Crippen LogP contribution < -0.4 is 5.32 Å². The average molecular weight is 284 g/mol. The van der Waals surface area contributed by atoms with Crippen LogP contribution >= 0.6 is 0 Å². The molecule has 4 heterocycles. The Bertz CT molecular complexity index is 647. The first-order valence-corrected chi connectivity index (χ1v) is 8.13. The summed E-state index contributed by atoms with van der Waals surface area (Å²) in [7, 11) is 0. The van der Waals surface area contributed by atoms with E-state index in [2.05, 4.69) is 53.0 Å². The van der Waals surface area contributed by atoms with E-state index in [4.69, 9.17) is 4.98 Å². The molecule has 0 aromatic carbocycles. The summed E-state index contributed by atoms with van der Waals surface area (Å²) in [4.78, 5) is 7.44. The van der Waals surface area contributed by atoms with Gasteiger partial charge >= 0.3 is 0 Å². The molecule has 0 saturated carbocycles. The smallest absolute Gasteiger partial charge is 0.137 e. The van der Waals surface area contributed by atoms with E-state index in [-0.39, 0.29) is 0 Å². The van der Waals surface area contributed by atoms with Crippen LogP contribution in [0.1, 0.15) is 24.6 Å². The topological polar surface area (TPSA) is 32.6 Å². The molecule has 0 aliphatic carbocycles. The Balaban J connectivity index is 1.56. The van der Waals surface area contributed by atoms with Crippen molar-refractivity contribution in [3.63, 3.8) is 0 Å². The van der Waals surface area contributed by atoms with E-state index >= 15 is 0 Å². The van der Waals surface area contributed by atoms with Gasteiger partial charge in [0.05, 0.1) is 5.69 Å². The number of rotatable bonds is 3. The molecule has 4 nitrogen and oxygen atoms in total. The van der Waals surface area contributed by atoms with E-state index in [0.29, 0.717) is 0 Å². The Labute approximate surface area is 126 Å². The number of hydrogen-bond donors (Lipinski definition) is 1. The monoisotopic (exact) mass is 284 g/mol. The van der Waals surface area contributed by atoms with Crippen molar-refractivity contribution >= 4 is 5.65 Å². The van der Waals surface area contributed by atoms with Crippen molar-refractivity contribution in [2.75, 3.05) is 19.6 Å². The SMILES string of the molecule is CCC1C2CNCC2CN1Cc1cn2cc(C)ccc2n1. The molecule has 2 fully saturated rings. The van der Waals surface area contributed by atoms with Crippen LogP contribution in [-0.2, 0) is 6.54 Å². The van der Waals surface area contributed by atoms with Crippen LogP contribution in [0.2, 0.25) is 0 Å². The van der Waals surface area contributed by atoms with Crippen LogP contribution in [0.5, 0.6) is 0 Å². The minimum absolute atomic E-state index is 0.719. The molecule has 0 bridgehead atoms. The molecule has 4 heteroatoms. The minimum atomic E-state index is 0.719. The van der Waals surface area contributed by atoms with Gasteiger partial charge in [-0.15, -0.1) is 0 Å². The highest BCUT2D eigenvalue weighted by molar-refractivity contribution is 5.41. The maximum absolute atomic E-state index is 4.79. The van der Waals surface area contributed by atoms with Gasteiger partial charge in [0.25, 0.3) is 0 Å². The van der Waals surface area contributed by atoms with E-state index in [9.17, 15) is 0 Å². The zero-order chi connectivity index (χ0) is 14.4. The number of imidazole rings is 1. The van der Waals surface area contributed by atoms with E-state index < -0.39 is 0 Å². The molecule has 3 unspecified atom stereocenters. The van der Waals surface area contributed by atoms with Gasteiger partial charge in [0.15, 0.2) is 0 Å². The molecule has 4 rings (SSSR count). The molecule has 2 aromatic rings. The molecule has 2 saturated heterocycles. The summed E-state index contributed by atoms with van der Waals surface area (Å²) in [6.07, 6.45) is 5.60. The molecule has 112 valence electrons. The summed E-state index contributed by atoms with van der Waals surface area (Å²) in [5.41, 5.74) is 3.54. The van der Waals surface area contributed by atoms with Crippen molar-refractivity contribution in [3.8, 4) is 0 Å². The third-order valence-electron chi connectivity index (χ3n) is 5.26. The zero-order valence-corrected chi connectivity index (χ0v) is 12.9. The molecule has 21 heavy (non-hydrogen) atoms. The summed E-state index contributed by atoms with van der Waals surface area (Å²) in [6, 6.07) is 4.96. The number of pyridine rings is 1. The van der Waals surface area contributed by atoms with Crippen molar-refractivity contribution in [2.45, 2.75) is 32.9 Å². The molecule has 3 atom stereocenters. The molecule has 0 spiro atoms. The van der Waals surface area contributed by atoms with E-state index in [1.54, 1.807) is 0 Å². The second-order valence-corrected chi connectivity index (χ2v) is 6.69. The van der Waals surface area contributed by atoms with Gasteiger partial charge < -0.3 is 9.72 Å². The third kappa shape index (κ3) is 2.27. The van der Waals surface area contributed by atoms with E-state index in [1.165, 1.54) is 37.3 Å². The largest absolute Gasteiger partial charge is 0.316 e. The second-order valence-electron chi connectivity index (χ2n) is 6.69. The maximum atomic E-state index is 4.79. The van der Waals surface area contributed by atoms with Gasteiger partial charge in [-0.3, -0.25) is 4.90 Å². The lowest BCUT2D eigenvalue weighted by molar-refractivity contribution is 0.208. The highest BCUT2D eigenvalue weighted by Gasteiger charge is 2.43. The number of nitrogens with zero attached hydrogens (tertiary/aromatic N) is 3. The molecule has 1 N–H and O–H groups in total. The lowest BCUT2D eigenvalue weighted by Crippen LogP contribution is -2.34.